The molecule has 1 aromatic carbocycles. The number of ether oxygens (including phenoxy) is 2. The lowest BCUT2D eigenvalue weighted by Gasteiger charge is -2.37. The average molecular weight is 407 g/mol. The van der Waals surface area contributed by atoms with E-state index in [2.05, 4.69) is 6.92 Å². The molecule has 1 heterocycles. The molecule has 0 aromatic heterocycles. The minimum Gasteiger partial charge on any atom is -0.490 e. The highest BCUT2D eigenvalue weighted by Crippen LogP contribution is 2.42. The number of halogens is 2. The van der Waals surface area contributed by atoms with Crippen molar-refractivity contribution in [2.75, 3.05) is 6.61 Å². The van der Waals surface area contributed by atoms with Crippen LogP contribution in [0, 0.1) is 35.3 Å². The zero-order valence-corrected chi connectivity index (χ0v) is 18.0. The molecule has 2 aliphatic carbocycles. The van der Waals surface area contributed by atoms with Gasteiger partial charge in [-0.05, 0) is 88.0 Å². The Labute approximate surface area is 174 Å². The molecule has 2 fully saturated rings. The summed E-state index contributed by atoms with van der Waals surface area (Å²) >= 11 is 0. The first-order valence-electron chi connectivity index (χ1n) is 11.9. The summed E-state index contributed by atoms with van der Waals surface area (Å²) in [4.78, 5) is 0. The fourth-order valence-electron chi connectivity index (χ4n) is 5.77. The van der Waals surface area contributed by atoms with Gasteiger partial charge in [-0.2, -0.15) is 8.78 Å². The SMILES string of the molecule is CCC1CCC(C2CCC(COc3cc4c(c(F)c3F)OC(C)CC4)CC2)CC1. The molecule has 1 unspecified atom stereocenters. The molecule has 0 N–H and O–H groups in total. The Hall–Kier alpha value is -1.32. The van der Waals surface area contributed by atoms with Crippen LogP contribution in [-0.2, 0) is 6.42 Å². The maximum absolute atomic E-state index is 14.5. The Balaban J connectivity index is 1.28. The van der Waals surface area contributed by atoms with E-state index in [1.165, 1.54) is 44.9 Å². The summed E-state index contributed by atoms with van der Waals surface area (Å²) in [5, 5.41) is 0. The Morgan fingerprint density at radius 3 is 2.14 bits per heavy atom. The Morgan fingerprint density at radius 2 is 1.52 bits per heavy atom. The third kappa shape index (κ3) is 4.72. The van der Waals surface area contributed by atoms with Gasteiger partial charge in [0.05, 0.1) is 12.7 Å². The lowest BCUT2D eigenvalue weighted by atomic mass is 9.69. The zero-order valence-electron chi connectivity index (χ0n) is 18.0. The second kappa shape index (κ2) is 9.22. The molecule has 0 spiro atoms. The molecule has 1 aromatic rings. The van der Waals surface area contributed by atoms with Crippen molar-refractivity contribution in [3.05, 3.63) is 23.3 Å². The highest BCUT2D eigenvalue weighted by molar-refractivity contribution is 5.44. The van der Waals surface area contributed by atoms with Crippen LogP contribution >= 0.6 is 0 Å². The average Bonchev–Trinajstić information content (AvgIpc) is 2.76. The van der Waals surface area contributed by atoms with Crippen LogP contribution in [0.2, 0.25) is 0 Å². The van der Waals surface area contributed by atoms with Crippen LogP contribution in [0.25, 0.3) is 0 Å². The molecule has 0 bridgehead atoms. The van der Waals surface area contributed by atoms with E-state index >= 15 is 0 Å². The van der Waals surface area contributed by atoms with Gasteiger partial charge in [0.25, 0.3) is 0 Å². The largest absolute Gasteiger partial charge is 0.490 e. The van der Waals surface area contributed by atoms with Crippen molar-refractivity contribution in [3.8, 4) is 11.5 Å². The van der Waals surface area contributed by atoms with Crippen molar-refractivity contribution in [2.45, 2.75) is 90.6 Å². The lowest BCUT2D eigenvalue weighted by Crippen LogP contribution is -2.27. The molecule has 1 aliphatic heterocycles. The molecule has 1 atom stereocenters. The maximum Gasteiger partial charge on any atom is 0.204 e. The second-order valence-corrected chi connectivity index (χ2v) is 9.74. The molecule has 162 valence electrons. The van der Waals surface area contributed by atoms with Gasteiger partial charge in [-0.15, -0.1) is 0 Å². The first-order chi connectivity index (χ1) is 14.0. The quantitative estimate of drug-likeness (QED) is 0.520. The highest BCUT2D eigenvalue weighted by Gasteiger charge is 2.31. The summed E-state index contributed by atoms with van der Waals surface area (Å²) in [6, 6.07) is 1.65. The standard InChI is InChI=1S/C25H36F2O2/c1-3-17-5-10-19(11-6-17)20-12-7-18(8-13-20)15-28-22-14-21-9-4-16(2)29-25(21)24(27)23(22)26/h14,16-20H,3-13,15H2,1-2H3. The third-order valence-corrected chi connectivity index (χ3v) is 7.85. The Kier molecular flexibility index (Phi) is 6.66. The molecule has 4 rings (SSSR count). The summed E-state index contributed by atoms with van der Waals surface area (Å²) in [6.07, 6.45) is 13.3. The van der Waals surface area contributed by atoms with Crippen LogP contribution in [0.3, 0.4) is 0 Å². The molecular weight excluding hydrogens is 370 g/mol. The summed E-state index contributed by atoms with van der Waals surface area (Å²) in [6.45, 7) is 4.69. The minimum atomic E-state index is -0.904. The number of hydrogen-bond acceptors (Lipinski definition) is 2. The van der Waals surface area contributed by atoms with E-state index in [0.29, 0.717) is 18.9 Å². The van der Waals surface area contributed by atoms with Gasteiger partial charge < -0.3 is 9.47 Å². The molecule has 4 heteroatoms. The van der Waals surface area contributed by atoms with E-state index in [0.717, 1.165) is 42.6 Å². The van der Waals surface area contributed by atoms with Crippen LogP contribution < -0.4 is 9.47 Å². The van der Waals surface area contributed by atoms with E-state index < -0.39 is 11.6 Å². The van der Waals surface area contributed by atoms with Crippen LogP contribution in [0.5, 0.6) is 11.5 Å². The fraction of sp³-hybridized carbons (Fsp3) is 0.760. The lowest BCUT2D eigenvalue weighted by molar-refractivity contribution is 0.120. The van der Waals surface area contributed by atoms with Crippen molar-refractivity contribution in [2.24, 2.45) is 23.7 Å². The number of aryl methyl sites for hydroxylation is 1. The van der Waals surface area contributed by atoms with Gasteiger partial charge in [-0.1, -0.05) is 26.2 Å². The molecule has 2 saturated carbocycles. The van der Waals surface area contributed by atoms with E-state index in [9.17, 15) is 8.78 Å². The molecule has 0 amide bonds. The van der Waals surface area contributed by atoms with Gasteiger partial charge >= 0.3 is 0 Å². The molecule has 2 nitrogen and oxygen atoms in total. The third-order valence-electron chi connectivity index (χ3n) is 7.85. The number of hydrogen-bond donors (Lipinski definition) is 0. The van der Waals surface area contributed by atoms with Gasteiger partial charge in [0.1, 0.15) is 0 Å². The van der Waals surface area contributed by atoms with Crippen LogP contribution in [0.4, 0.5) is 8.78 Å². The first kappa shape index (κ1) is 20.9. The summed E-state index contributed by atoms with van der Waals surface area (Å²) < 4.78 is 40.2. The highest BCUT2D eigenvalue weighted by atomic mass is 19.2. The molecule has 3 aliphatic rings. The van der Waals surface area contributed by atoms with Gasteiger partial charge in [0.2, 0.25) is 11.6 Å². The molecule has 0 radical (unpaired) electrons. The maximum atomic E-state index is 14.5. The zero-order chi connectivity index (χ0) is 20.4. The summed E-state index contributed by atoms with van der Waals surface area (Å²) in [5.74, 6) is 1.51. The Bertz CT molecular complexity index is 689. The molecule has 29 heavy (non-hydrogen) atoms. The van der Waals surface area contributed by atoms with Gasteiger partial charge in [-0.25, -0.2) is 0 Å². The number of benzene rings is 1. The minimum absolute atomic E-state index is 0.0550. The van der Waals surface area contributed by atoms with Crippen molar-refractivity contribution < 1.29 is 18.3 Å². The van der Waals surface area contributed by atoms with Crippen LogP contribution in [-0.4, -0.2) is 12.7 Å². The van der Waals surface area contributed by atoms with Crippen molar-refractivity contribution in [3.63, 3.8) is 0 Å². The van der Waals surface area contributed by atoms with Gasteiger partial charge in [-0.3, -0.25) is 0 Å². The fourth-order valence-corrected chi connectivity index (χ4v) is 5.77. The van der Waals surface area contributed by atoms with E-state index in [1.807, 2.05) is 6.92 Å². The van der Waals surface area contributed by atoms with E-state index in [-0.39, 0.29) is 17.6 Å². The van der Waals surface area contributed by atoms with Crippen LogP contribution in [0.1, 0.15) is 83.6 Å². The summed E-state index contributed by atoms with van der Waals surface area (Å²) in [7, 11) is 0. The van der Waals surface area contributed by atoms with Crippen molar-refractivity contribution >= 4 is 0 Å². The first-order valence-corrected chi connectivity index (χ1v) is 11.9. The monoisotopic (exact) mass is 406 g/mol. The van der Waals surface area contributed by atoms with Crippen molar-refractivity contribution in [1.82, 2.24) is 0 Å². The van der Waals surface area contributed by atoms with E-state index in [4.69, 9.17) is 9.47 Å². The van der Waals surface area contributed by atoms with Gasteiger partial charge in [0.15, 0.2) is 11.5 Å². The van der Waals surface area contributed by atoms with E-state index in [1.54, 1.807) is 6.07 Å². The summed E-state index contributed by atoms with van der Waals surface area (Å²) in [5.41, 5.74) is 0.725. The molecule has 0 saturated heterocycles. The second-order valence-electron chi connectivity index (χ2n) is 9.74. The predicted molar refractivity (Wildman–Crippen MR) is 111 cm³/mol. The number of fused-ring (bicyclic) bond motifs is 1. The normalized spacial score (nSPS) is 32.3. The molecular formula is C25H36F2O2. The topological polar surface area (TPSA) is 18.5 Å². The predicted octanol–water partition coefficient (Wildman–Crippen LogP) is 7.08. The number of rotatable bonds is 5. The Morgan fingerprint density at radius 1 is 0.897 bits per heavy atom. The van der Waals surface area contributed by atoms with Gasteiger partial charge in [0, 0.05) is 5.56 Å². The van der Waals surface area contributed by atoms with Crippen molar-refractivity contribution in [1.29, 1.82) is 0 Å². The van der Waals surface area contributed by atoms with Crippen LogP contribution in [0.15, 0.2) is 6.07 Å². The smallest absolute Gasteiger partial charge is 0.204 e.